The highest BCUT2D eigenvalue weighted by molar-refractivity contribution is 7.18. The molecular formula is C16H14N6S2. The predicted octanol–water partition coefficient (Wildman–Crippen LogP) is 3.83. The Kier molecular flexibility index (Phi) is 3.91. The average Bonchev–Trinajstić information content (AvgIpc) is 3.19. The van der Waals surface area contributed by atoms with E-state index in [4.69, 9.17) is 0 Å². The fraction of sp³-hybridized carbons (Fsp3) is 0.188. The molecule has 0 unspecified atom stereocenters. The van der Waals surface area contributed by atoms with Crippen LogP contribution in [0.5, 0.6) is 0 Å². The lowest BCUT2D eigenvalue weighted by Crippen LogP contribution is -2.03. The van der Waals surface area contributed by atoms with Crippen LogP contribution >= 0.6 is 22.7 Å². The maximum absolute atomic E-state index is 4.59. The summed E-state index contributed by atoms with van der Waals surface area (Å²) in [5.41, 5.74) is 2.17. The quantitative estimate of drug-likeness (QED) is 0.600. The van der Waals surface area contributed by atoms with Crippen molar-refractivity contribution in [3.8, 4) is 10.8 Å². The van der Waals surface area contributed by atoms with Crippen LogP contribution < -0.4 is 5.32 Å². The third-order valence-electron chi connectivity index (χ3n) is 3.71. The van der Waals surface area contributed by atoms with E-state index in [1.165, 1.54) is 10.4 Å². The van der Waals surface area contributed by atoms with Crippen LogP contribution in [0.2, 0.25) is 0 Å². The van der Waals surface area contributed by atoms with Crippen molar-refractivity contribution in [1.82, 2.24) is 24.9 Å². The van der Waals surface area contributed by atoms with Gasteiger partial charge in [-0.1, -0.05) is 0 Å². The molecule has 0 spiro atoms. The lowest BCUT2D eigenvalue weighted by Gasteiger charge is -2.05. The van der Waals surface area contributed by atoms with Gasteiger partial charge in [-0.05, 0) is 25.5 Å². The average molecular weight is 354 g/mol. The standard InChI is InChI=1S/C16H14N6S2/c1-9-10(2)24-15-12(9)13(20-8-21-15)19-6-11-7-23-16(22-11)14-17-4-3-5-18-14/h3-5,7-8H,6H2,1-2H3,(H,19,20,21). The van der Waals surface area contributed by atoms with Gasteiger partial charge in [0.05, 0.1) is 17.6 Å². The Bertz CT molecular complexity index is 992. The minimum Gasteiger partial charge on any atom is -0.364 e. The SMILES string of the molecule is Cc1sc2ncnc(NCc3csc(-c4ncccn4)n3)c2c1C. The van der Waals surface area contributed by atoms with Gasteiger partial charge in [-0.2, -0.15) is 0 Å². The van der Waals surface area contributed by atoms with Crippen LogP contribution in [0.4, 0.5) is 5.82 Å². The summed E-state index contributed by atoms with van der Waals surface area (Å²) in [7, 11) is 0. The number of rotatable bonds is 4. The van der Waals surface area contributed by atoms with E-state index < -0.39 is 0 Å². The Hall–Kier alpha value is -2.45. The molecule has 1 N–H and O–H groups in total. The van der Waals surface area contributed by atoms with Crippen molar-refractivity contribution in [3.05, 3.63) is 46.3 Å². The van der Waals surface area contributed by atoms with Gasteiger partial charge in [-0.25, -0.2) is 24.9 Å². The number of nitrogens with zero attached hydrogens (tertiary/aromatic N) is 5. The Balaban J connectivity index is 1.57. The molecule has 0 fully saturated rings. The molecule has 0 radical (unpaired) electrons. The summed E-state index contributed by atoms with van der Waals surface area (Å²) in [6.07, 6.45) is 5.05. The van der Waals surface area contributed by atoms with Gasteiger partial charge in [-0.3, -0.25) is 0 Å². The molecule has 0 amide bonds. The van der Waals surface area contributed by atoms with Crippen LogP contribution in [-0.2, 0) is 6.54 Å². The molecule has 4 rings (SSSR count). The van der Waals surface area contributed by atoms with E-state index in [0.29, 0.717) is 12.4 Å². The highest BCUT2D eigenvalue weighted by atomic mass is 32.1. The molecule has 4 heterocycles. The molecule has 0 saturated heterocycles. The van der Waals surface area contributed by atoms with E-state index in [1.54, 1.807) is 47.5 Å². The second-order valence-corrected chi connectivity index (χ2v) is 7.32. The fourth-order valence-corrected chi connectivity index (χ4v) is 4.15. The molecule has 8 heteroatoms. The van der Waals surface area contributed by atoms with Crippen molar-refractivity contribution in [2.45, 2.75) is 20.4 Å². The summed E-state index contributed by atoms with van der Waals surface area (Å²) in [6, 6.07) is 1.80. The number of thiazole rings is 1. The lowest BCUT2D eigenvalue weighted by molar-refractivity contribution is 1.04. The normalized spacial score (nSPS) is 11.1. The van der Waals surface area contributed by atoms with E-state index in [-0.39, 0.29) is 0 Å². The van der Waals surface area contributed by atoms with E-state index in [1.807, 2.05) is 5.38 Å². The minimum absolute atomic E-state index is 0.601. The molecule has 0 aromatic carbocycles. The van der Waals surface area contributed by atoms with Crippen molar-refractivity contribution in [2.24, 2.45) is 0 Å². The molecular weight excluding hydrogens is 340 g/mol. The number of aryl methyl sites for hydroxylation is 2. The van der Waals surface area contributed by atoms with Crippen molar-refractivity contribution < 1.29 is 0 Å². The number of hydrogen-bond donors (Lipinski definition) is 1. The number of nitrogens with one attached hydrogen (secondary N) is 1. The molecule has 0 aliphatic carbocycles. The summed E-state index contributed by atoms with van der Waals surface area (Å²) in [4.78, 5) is 24.1. The first kappa shape index (κ1) is 15.1. The van der Waals surface area contributed by atoms with Gasteiger partial charge >= 0.3 is 0 Å². The number of anilines is 1. The first-order valence-corrected chi connectivity index (χ1v) is 9.08. The topological polar surface area (TPSA) is 76.5 Å². The van der Waals surface area contributed by atoms with Gasteiger partial charge in [0.1, 0.15) is 17.0 Å². The Morgan fingerprint density at radius 3 is 2.75 bits per heavy atom. The van der Waals surface area contributed by atoms with Crippen LogP contribution in [0.15, 0.2) is 30.2 Å². The van der Waals surface area contributed by atoms with Crippen LogP contribution in [0.1, 0.15) is 16.1 Å². The molecule has 4 aromatic heterocycles. The largest absolute Gasteiger partial charge is 0.364 e. The molecule has 0 bridgehead atoms. The van der Waals surface area contributed by atoms with Crippen molar-refractivity contribution in [2.75, 3.05) is 5.32 Å². The second kappa shape index (κ2) is 6.21. The van der Waals surface area contributed by atoms with Gasteiger partial charge in [-0.15, -0.1) is 22.7 Å². The smallest absolute Gasteiger partial charge is 0.188 e. The Morgan fingerprint density at radius 2 is 1.92 bits per heavy atom. The van der Waals surface area contributed by atoms with Gasteiger partial charge in [0, 0.05) is 22.7 Å². The van der Waals surface area contributed by atoms with E-state index in [2.05, 4.69) is 44.1 Å². The summed E-state index contributed by atoms with van der Waals surface area (Å²) >= 11 is 3.24. The number of thiophene rings is 1. The van der Waals surface area contributed by atoms with Crippen molar-refractivity contribution in [3.63, 3.8) is 0 Å². The maximum atomic E-state index is 4.59. The molecule has 0 aliphatic rings. The zero-order valence-corrected chi connectivity index (χ0v) is 14.8. The van der Waals surface area contributed by atoms with Gasteiger partial charge in [0.25, 0.3) is 0 Å². The van der Waals surface area contributed by atoms with E-state index in [9.17, 15) is 0 Å². The van der Waals surface area contributed by atoms with Crippen molar-refractivity contribution in [1.29, 1.82) is 0 Å². The molecule has 0 atom stereocenters. The number of fused-ring (bicyclic) bond motifs is 1. The number of aromatic nitrogens is 5. The maximum Gasteiger partial charge on any atom is 0.188 e. The Labute approximate surface area is 146 Å². The van der Waals surface area contributed by atoms with Gasteiger partial charge < -0.3 is 5.32 Å². The molecule has 4 aromatic rings. The fourth-order valence-electron chi connectivity index (χ4n) is 2.39. The van der Waals surface area contributed by atoms with E-state index in [0.717, 1.165) is 26.7 Å². The number of hydrogen-bond acceptors (Lipinski definition) is 8. The molecule has 0 aliphatic heterocycles. The predicted molar refractivity (Wildman–Crippen MR) is 97.4 cm³/mol. The zero-order chi connectivity index (χ0) is 16.5. The first-order chi connectivity index (χ1) is 11.7. The van der Waals surface area contributed by atoms with Gasteiger partial charge in [0.2, 0.25) is 0 Å². The summed E-state index contributed by atoms with van der Waals surface area (Å²) in [5.74, 6) is 1.51. The monoisotopic (exact) mass is 354 g/mol. The van der Waals surface area contributed by atoms with Crippen LogP contribution in [0, 0.1) is 13.8 Å². The third-order valence-corrected chi connectivity index (χ3v) is 5.71. The van der Waals surface area contributed by atoms with Crippen LogP contribution in [-0.4, -0.2) is 24.9 Å². The van der Waals surface area contributed by atoms with Gasteiger partial charge in [0.15, 0.2) is 10.8 Å². The summed E-state index contributed by atoms with van der Waals surface area (Å²) in [5, 5.41) is 7.32. The second-order valence-electron chi connectivity index (χ2n) is 5.26. The van der Waals surface area contributed by atoms with Crippen LogP contribution in [0.25, 0.3) is 21.0 Å². The summed E-state index contributed by atoms with van der Waals surface area (Å²) in [6.45, 7) is 4.82. The van der Waals surface area contributed by atoms with Crippen LogP contribution in [0.3, 0.4) is 0 Å². The molecule has 0 saturated carbocycles. The van der Waals surface area contributed by atoms with E-state index >= 15 is 0 Å². The molecule has 24 heavy (non-hydrogen) atoms. The molecule has 6 nitrogen and oxygen atoms in total. The zero-order valence-electron chi connectivity index (χ0n) is 13.1. The summed E-state index contributed by atoms with van der Waals surface area (Å²) < 4.78 is 0. The third kappa shape index (κ3) is 2.74. The molecule has 120 valence electrons. The highest BCUT2D eigenvalue weighted by Crippen LogP contribution is 2.32. The lowest BCUT2D eigenvalue weighted by atomic mass is 10.2. The highest BCUT2D eigenvalue weighted by Gasteiger charge is 2.12. The first-order valence-electron chi connectivity index (χ1n) is 7.38. The van der Waals surface area contributed by atoms with Crippen molar-refractivity contribution >= 4 is 38.7 Å². The Morgan fingerprint density at radius 1 is 1.08 bits per heavy atom. The minimum atomic E-state index is 0.601.